The highest BCUT2D eigenvalue weighted by Gasteiger charge is 2.38. The summed E-state index contributed by atoms with van der Waals surface area (Å²) in [5.41, 5.74) is 2.62. The van der Waals surface area contributed by atoms with Crippen molar-refractivity contribution in [1.29, 1.82) is 0 Å². The van der Waals surface area contributed by atoms with Crippen molar-refractivity contribution in [2.75, 3.05) is 5.73 Å². The molecule has 0 aliphatic heterocycles. The molecule has 0 unspecified atom stereocenters. The first-order valence-electron chi connectivity index (χ1n) is 5.62. The molecule has 1 aromatic heterocycles. The van der Waals surface area contributed by atoms with Gasteiger partial charge in [0.25, 0.3) is 0 Å². The van der Waals surface area contributed by atoms with Gasteiger partial charge >= 0.3 is 12.4 Å². The van der Waals surface area contributed by atoms with Crippen LogP contribution >= 0.6 is 0 Å². The highest BCUT2D eigenvalue weighted by atomic mass is 19.4. The van der Waals surface area contributed by atoms with Gasteiger partial charge in [-0.3, -0.25) is 4.68 Å². The molecular weight excluding hydrogens is 300 g/mol. The van der Waals surface area contributed by atoms with Gasteiger partial charge in [-0.15, -0.1) is 0 Å². The van der Waals surface area contributed by atoms with E-state index < -0.39 is 23.5 Å². The Morgan fingerprint density at radius 2 is 1.71 bits per heavy atom. The molecular formula is C12H9F6N3. The number of benzene rings is 1. The van der Waals surface area contributed by atoms with E-state index in [1.165, 1.54) is 12.4 Å². The van der Waals surface area contributed by atoms with Crippen LogP contribution in [0.25, 0.3) is 0 Å². The zero-order chi connectivity index (χ0) is 15.8. The second-order valence-corrected chi connectivity index (χ2v) is 4.34. The van der Waals surface area contributed by atoms with Crippen LogP contribution in [0, 0.1) is 0 Å². The maximum Gasteiger partial charge on any atom is 0.416 e. The highest BCUT2D eigenvalue weighted by Crippen LogP contribution is 2.37. The summed E-state index contributed by atoms with van der Waals surface area (Å²) in [6.45, 7) is -0.329. The molecule has 0 spiro atoms. The van der Waals surface area contributed by atoms with Gasteiger partial charge in [-0.2, -0.15) is 31.4 Å². The summed E-state index contributed by atoms with van der Waals surface area (Å²) in [5.74, 6) is 0. The molecule has 9 heteroatoms. The van der Waals surface area contributed by atoms with Gasteiger partial charge < -0.3 is 5.73 Å². The van der Waals surface area contributed by atoms with Crippen LogP contribution in [0.5, 0.6) is 0 Å². The summed E-state index contributed by atoms with van der Waals surface area (Å²) in [5, 5.41) is 3.71. The highest BCUT2D eigenvalue weighted by molar-refractivity contribution is 5.36. The summed E-state index contributed by atoms with van der Waals surface area (Å²) in [7, 11) is 0. The van der Waals surface area contributed by atoms with Crippen LogP contribution in [-0.4, -0.2) is 9.78 Å². The number of nitrogens with two attached hydrogens (primary N) is 1. The Morgan fingerprint density at radius 1 is 1.05 bits per heavy atom. The lowest BCUT2D eigenvalue weighted by molar-refractivity contribution is -0.143. The minimum Gasteiger partial charge on any atom is -0.396 e. The van der Waals surface area contributed by atoms with Crippen molar-refractivity contribution in [3.05, 3.63) is 47.3 Å². The monoisotopic (exact) mass is 309 g/mol. The van der Waals surface area contributed by atoms with Gasteiger partial charge in [-0.1, -0.05) is 6.07 Å². The lowest BCUT2D eigenvalue weighted by Gasteiger charge is -2.16. The van der Waals surface area contributed by atoms with Crippen molar-refractivity contribution in [2.24, 2.45) is 0 Å². The number of nitrogen functional groups attached to an aromatic ring is 1. The SMILES string of the molecule is Nc1cnn(Cc2ccc(C(F)(F)F)cc2C(F)(F)F)c1. The molecule has 0 saturated carbocycles. The fraction of sp³-hybridized carbons (Fsp3) is 0.250. The first kappa shape index (κ1) is 15.2. The molecule has 0 radical (unpaired) electrons. The molecule has 0 atom stereocenters. The number of anilines is 1. The van der Waals surface area contributed by atoms with Crippen molar-refractivity contribution >= 4 is 5.69 Å². The molecule has 1 aromatic carbocycles. The molecule has 0 saturated heterocycles. The lowest BCUT2D eigenvalue weighted by atomic mass is 10.0. The fourth-order valence-corrected chi connectivity index (χ4v) is 1.80. The van der Waals surface area contributed by atoms with Crippen LogP contribution in [-0.2, 0) is 18.9 Å². The lowest BCUT2D eigenvalue weighted by Crippen LogP contribution is -2.15. The largest absolute Gasteiger partial charge is 0.416 e. The van der Waals surface area contributed by atoms with E-state index in [1.54, 1.807) is 0 Å². The normalized spacial score (nSPS) is 12.7. The Morgan fingerprint density at radius 3 is 2.19 bits per heavy atom. The fourth-order valence-electron chi connectivity index (χ4n) is 1.80. The average Bonchev–Trinajstić information content (AvgIpc) is 2.72. The van der Waals surface area contributed by atoms with Crippen LogP contribution in [0.3, 0.4) is 0 Å². The molecule has 0 bridgehead atoms. The summed E-state index contributed by atoms with van der Waals surface area (Å²) < 4.78 is 77.4. The summed E-state index contributed by atoms with van der Waals surface area (Å²) in [4.78, 5) is 0. The van der Waals surface area contributed by atoms with Crippen LogP contribution in [0.15, 0.2) is 30.6 Å². The number of halogens is 6. The Labute approximate surface area is 115 Å². The average molecular weight is 309 g/mol. The molecule has 114 valence electrons. The molecule has 0 aliphatic carbocycles. The van der Waals surface area contributed by atoms with Crippen molar-refractivity contribution in [3.8, 4) is 0 Å². The van der Waals surface area contributed by atoms with Crippen LogP contribution in [0.2, 0.25) is 0 Å². The second-order valence-electron chi connectivity index (χ2n) is 4.34. The van der Waals surface area contributed by atoms with E-state index >= 15 is 0 Å². The predicted octanol–water partition coefficient (Wildman–Crippen LogP) is 3.55. The van der Waals surface area contributed by atoms with Gasteiger partial charge in [-0.05, 0) is 17.7 Å². The van der Waals surface area contributed by atoms with E-state index in [0.717, 1.165) is 10.7 Å². The third kappa shape index (κ3) is 3.47. The van der Waals surface area contributed by atoms with Gasteiger partial charge in [0.05, 0.1) is 29.6 Å². The van der Waals surface area contributed by atoms with E-state index in [9.17, 15) is 26.3 Å². The number of aromatic nitrogens is 2. The Bertz CT molecular complexity index is 641. The molecule has 3 nitrogen and oxygen atoms in total. The molecule has 2 aromatic rings. The van der Waals surface area contributed by atoms with Gasteiger partial charge in [-0.25, -0.2) is 0 Å². The van der Waals surface area contributed by atoms with Crippen LogP contribution in [0.4, 0.5) is 32.0 Å². The van der Waals surface area contributed by atoms with Crippen molar-refractivity contribution in [3.63, 3.8) is 0 Å². The maximum absolute atomic E-state index is 12.9. The quantitative estimate of drug-likeness (QED) is 0.862. The third-order valence-corrected chi connectivity index (χ3v) is 2.73. The molecule has 1 heterocycles. The molecule has 2 N–H and O–H groups in total. The number of hydrogen-bond acceptors (Lipinski definition) is 2. The van der Waals surface area contributed by atoms with E-state index in [0.29, 0.717) is 6.07 Å². The minimum atomic E-state index is -4.89. The molecule has 21 heavy (non-hydrogen) atoms. The van der Waals surface area contributed by atoms with E-state index in [2.05, 4.69) is 5.10 Å². The standard InChI is InChI=1S/C12H9F6N3/c13-11(14,15)8-2-1-7(10(3-8)12(16,17)18)5-21-6-9(19)4-20-21/h1-4,6H,5,19H2. The Hall–Kier alpha value is -2.19. The van der Waals surface area contributed by atoms with Crippen molar-refractivity contribution in [1.82, 2.24) is 9.78 Å². The topological polar surface area (TPSA) is 43.8 Å². The third-order valence-electron chi connectivity index (χ3n) is 2.73. The Balaban J connectivity index is 2.45. The molecule has 0 aliphatic rings. The van der Waals surface area contributed by atoms with Crippen LogP contribution < -0.4 is 5.73 Å². The van der Waals surface area contributed by atoms with Gasteiger partial charge in [0.1, 0.15) is 0 Å². The van der Waals surface area contributed by atoms with Crippen molar-refractivity contribution < 1.29 is 26.3 Å². The van der Waals surface area contributed by atoms with Crippen LogP contribution in [0.1, 0.15) is 16.7 Å². The number of alkyl halides is 6. The molecule has 0 fully saturated rings. The van der Waals surface area contributed by atoms with Gasteiger partial charge in [0, 0.05) is 6.20 Å². The molecule has 2 rings (SSSR count). The maximum atomic E-state index is 12.9. The van der Waals surface area contributed by atoms with Gasteiger partial charge in [0.15, 0.2) is 0 Å². The first-order chi connectivity index (χ1) is 9.57. The van der Waals surface area contributed by atoms with E-state index in [1.807, 2.05) is 0 Å². The Kier molecular flexibility index (Phi) is 3.60. The zero-order valence-corrected chi connectivity index (χ0v) is 10.3. The summed E-state index contributed by atoms with van der Waals surface area (Å²) in [6, 6.07) is 1.50. The second kappa shape index (κ2) is 4.97. The predicted molar refractivity (Wildman–Crippen MR) is 62.2 cm³/mol. The van der Waals surface area contributed by atoms with Crippen molar-refractivity contribution in [2.45, 2.75) is 18.9 Å². The first-order valence-corrected chi connectivity index (χ1v) is 5.62. The zero-order valence-electron chi connectivity index (χ0n) is 10.3. The van der Waals surface area contributed by atoms with E-state index in [4.69, 9.17) is 5.73 Å². The minimum absolute atomic E-state index is 0.0994. The summed E-state index contributed by atoms with van der Waals surface area (Å²) in [6.07, 6.45) is -7.21. The smallest absolute Gasteiger partial charge is 0.396 e. The van der Waals surface area contributed by atoms with Gasteiger partial charge in [0.2, 0.25) is 0 Å². The number of rotatable bonds is 2. The number of hydrogen-bond donors (Lipinski definition) is 1. The van der Waals surface area contributed by atoms with E-state index in [-0.39, 0.29) is 23.9 Å². The summed E-state index contributed by atoms with van der Waals surface area (Å²) >= 11 is 0. The molecule has 0 amide bonds. The number of nitrogens with zero attached hydrogens (tertiary/aromatic N) is 2.